The number of nitrogens with zero attached hydrogens (tertiary/aromatic N) is 3. The van der Waals surface area contributed by atoms with Gasteiger partial charge in [-0.05, 0) is 61.6 Å². The van der Waals surface area contributed by atoms with Crippen molar-refractivity contribution < 1.29 is 4.52 Å². The van der Waals surface area contributed by atoms with Crippen LogP contribution in [0.25, 0.3) is 11.4 Å². The number of aryl methyl sites for hydroxylation is 1. The molecule has 0 spiro atoms. The maximum atomic E-state index is 6.03. The molecule has 1 aliphatic heterocycles. The zero-order valence-electron chi connectivity index (χ0n) is 14.6. The predicted octanol–water partition coefficient (Wildman–Crippen LogP) is 3.82. The first-order chi connectivity index (χ1) is 12.7. The average Bonchev–Trinajstić information content (AvgIpc) is 3.33. The van der Waals surface area contributed by atoms with Crippen molar-refractivity contribution in [3.63, 3.8) is 0 Å². The Kier molecular flexibility index (Phi) is 3.62. The normalized spacial score (nSPS) is 17.8. The van der Waals surface area contributed by atoms with Gasteiger partial charge in [-0.1, -0.05) is 28.9 Å². The van der Waals surface area contributed by atoms with Gasteiger partial charge < -0.3 is 9.84 Å². The summed E-state index contributed by atoms with van der Waals surface area (Å²) in [7, 11) is 0. The number of halogens is 1. The number of benzene rings is 1. The molecular weight excluding hydrogens is 348 g/mol. The summed E-state index contributed by atoms with van der Waals surface area (Å²) in [5.41, 5.74) is 5.53. The van der Waals surface area contributed by atoms with Gasteiger partial charge in [-0.3, -0.25) is 4.98 Å². The molecule has 26 heavy (non-hydrogen) atoms. The van der Waals surface area contributed by atoms with Gasteiger partial charge in [0.2, 0.25) is 11.7 Å². The van der Waals surface area contributed by atoms with Crippen LogP contribution in [0, 0.1) is 6.92 Å². The number of nitrogens with one attached hydrogen (secondary N) is 1. The molecule has 3 heterocycles. The smallest absolute Gasteiger partial charge is 0.237 e. The van der Waals surface area contributed by atoms with Crippen LogP contribution in [-0.2, 0) is 18.4 Å². The van der Waals surface area contributed by atoms with Gasteiger partial charge in [-0.15, -0.1) is 0 Å². The van der Waals surface area contributed by atoms with Crippen LogP contribution in [0.15, 0.2) is 35.0 Å². The zero-order valence-corrected chi connectivity index (χ0v) is 15.3. The van der Waals surface area contributed by atoms with E-state index in [1.54, 1.807) is 0 Å². The molecule has 6 heteroatoms. The molecule has 132 valence electrons. The number of fused-ring (bicyclic) bond motifs is 1. The van der Waals surface area contributed by atoms with E-state index < -0.39 is 0 Å². The lowest BCUT2D eigenvalue weighted by atomic mass is 9.95. The number of hydrogen-bond donors (Lipinski definition) is 1. The molecule has 0 amide bonds. The molecule has 1 fully saturated rings. The number of hydrogen-bond acceptors (Lipinski definition) is 5. The van der Waals surface area contributed by atoms with Gasteiger partial charge in [0.05, 0.1) is 5.41 Å². The molecule has 0 bridgehead atoms. The third-order valence-electron chi connectivity index (χ3n) is 5.54. The monoisotopic (exact) mass is 366 g/mol. The first-order valence-corrected chi connectivity index (χ1v) is 9.34. The lowest BCUT2D eigenvalue weighted by Gasteiger charge is -2.19. The number of rotatable bonds is 3. The lowest BCUT2D eigenvalue weighted by Crippen LogP contribution is -2.24. The Morgan fingerprint density at radius 3 is 2.77 bits per heavy atom. The molecule has 1 N–H and O–H groups in total. The van der Waals surface area contributed by atoms with Crippen LogP contribution < -0.4 is 5.32 Å². The van der Waals surface area contributed by atoms with E-state index in [-0.39, 0.29) is 5.41 Å². The van der Waals surface area contributed by atoms with E-state index in [2.05, 4.69) is 27.6 Å². The molecule has 3 aromatic rings. The quantitative estimate of drug-likeness (QED) is 0.763. The summed E-state index contributed by atoms with van der Waals surface area (Å²) in [4.78, 5) is 9.36. The fourth-order valence-corrected chi connectivity index (χ4v) is 4.03. The SMILES string of the molecule is Cc1ncc2c(c1-c1noc(C3(c4ccc(Cl)cc4)CC3)n1)CCNC2. The van der Waals surface area contributed by atoms with Crippen molar-refractivity contribution in [2.24, 2.45) is 0 Å². The minimum Gasteiger partial charge on any atom is -0.338 e. The molecule has 1 aliphatic carbocycles. The standard InChI is InChI=1S/C20H19ClN4O/c1-12-17(16-6-9-22-10-13(16)11-23-12)18-24-19(26-25-18)20(7-8-20)14-2-4-15(21)5-3-14/h2-5,11,22H,6-10H2,1H3. The molecule has 1 aromatic carbocycles. The fraction of sp³-hybridized carbons (Fsp3) is 0.350. The topological polar surface area (TPSA) is 63.8 Å². The van der Waals surface area contributed by atoms with Crippen LogP contribution in [-0.4, -0.2) is 21.7 Å². The molecule has 0 atom stereocenters. The Morgan fingerprint density at radius 2 is 2.00 bits per heavy atom. The van der Waals surface area contributed by atoms with Crippen molar-refractivity contribution in [3.8, 4) is 11.4 Å². The Bertz CT molecular complexity index is 976. The van der Waals surface area contributed by atoms with Gasteiger partial charge in [-0.25, -0.2) is 0 Å². The molecule has 0 radical (unpaired) electrons. The Morgan fingerprint density at radius 1 is 1.19 bits per heavy atom. The molecule has 0 unspecified atom stereocenters. The first-order valence-electron chi connectivity index (χ1n) is 8.96. The molecule has 5 rings (SSSR count). The van der Waals surface area contributed by atoms with Crippen molar-refractivity contribution in [3.05, 3.63) is 63.8 Å². The number of pyridine rings is 1. The van der Waals surface area contributed by atoms with Crippen LogP contribution in [0.1, 0.15) is 41.1 Å². The Labute approximate surface area is 156 Å². The molecule has 2 aromatic heterocycles. The van der Waals surface area contributed by atoms with Crippen molar-refractivity contribution >= 4 is 11.6 Å². The van der Waals surface area contributed by atoms with Crippen LogP contribution in [0.5, 0.6) is 0 Å². The van der Waals surface area contributed by atoms with Crippen LogP contribution in [0.2, 0.25) is 5.02 Å². The second-order valence-corrected chi connectivity index (χ2v) is 7.60. The zero-order chi connectivity index (χ0) is 17.7. The summed E-state index contributed by atoms with van der Waals surface area (Å²) in [6.45, 7) is 3.82. The number of aromatic nitrogens is 3. The van der Waals surface area contributed by atoms with E-state index in [0.29, 0.717) is 11.7 Å². The van der Waals surface area contributed by atoms with Crippen molar-refractivity contribution in [1.29, 1.82) is 0 Å². The third kappa shape index (κ3) is 2.46. The summed E-state index contributed by atoms with van der Waals surface area (Å²) in [5, 5.41) is 8.46. The van der Waals surface area contributed by atoms with Gasteiger partial charge in [-0.2, -0.15) is 4.98 Å². The van der Waals surface area contributed by atoms with E-state index in [9.17, 15) is 0 Å². The lowest BCUT2D eigenvalue weighted by molar-refractivity contribution is 0.360. The van der Waals surface area contributed by atoms with Crippen molar-refractivity contribution in [2.75, 3.05) is 6.54 Å². The highest BCUT2D eigenvalue weighted by atomic mass is 35.5. The Hall–Kier alpha value is -2.24. The molecule has 1 saturated carbocycles. The summed E-state index contributed by atoms with van der Waals surface area (Å²) in [6, 6.07) is 7.95. The van der Waals surface area contributed by atoms with Crippen molar-refractivity contribution in [2.45, 2.75) is 38.1 Å². The summed E-state index contributed by atoms with van der Waals surface area (Å²) in [6.07, 6.45) is 4.95. The van der Waals surface area contributed by atoms with E-state index in [4.69, 9.17) is 21.1 Å². The van der Waals surface area contributed by atoms with Crippen LogP contribution in [0.3, 0.4) is 0 Å². The summed E-state index contributed by atoms with van der Waals surface area (Å²) < 4.78 is 5.74. The summed E-state index contributed by atoms with van der Waals surface area (Å²) >= 11 is 6.03. The maximum Gasteiger partial charge on any atom is 0.237 e. The van der Waals surface area contributed by atoms with Crippen LogP contribution >= 0.6 is 11.6 Å². The van der Waals surface area contributed by atoms with Gasteiger partial charge in [0.1, 0.15) is 0 Å². The van der Waals surface area contributed by atoms with Crippen molar-refractivity contribution in [1.82, 2.24) is 20.4 Å². The van der Waals surface area contributed by atoms with Gasteiger partial charge in [0, 0.05) is 29.0 Å². The molecule has 0 saturated heterocycles. The van der Waals surface area contributed by atoms with E-state index in [0.717, 1.165) is 48.6 Å². The largest absolute Gasteiger partial charge is 0.338 e. The van der Waals surface area contributed by atoms with Gasteiger partial charge >= 0.3 is 0 Å². The van der Waals surface area contributed by atoms with Gasteiger partial charge in [0.25, 0.3) is 0 Å². The van der Waals surface area contributed by atoms with Crippen LogP contribution in [0.4, 0.5) is 0 Å². The van der Waals surface area contributed by atoms with Gasteiger partial charge in [0.15, 0.2) is 0 Å². The Balaban J connectivity index is 1.57. The molecule has 2 aliphatic rings. The minimum absolute atomic E-state index is 0.159. The average molecular weight is 367 g/mol. The first kappa shape index (κ1) is 16.0. The summed E-state index contributed by atoms with van der Waals surface area (Å²) in [5.74, 6) is 1.35. The molecular formula is C20H19ClN4O. The van der Waals surface area contributed by atoms with E-state index >= 15 is 0 Å². The highest BCUT2D eigenvalue weighted by molar-refractivity contribution is 6.30. The highest BCUT2D eigenvalue weighted by Gasteiger charge is 2.51. The second kappa shape index (κ2) is 5.89. The fourth-order valence-electron chi connectivity index (χ4n) is 3.91. The highest BCUT2D eigenvalue weighted by Crippen LogP contribution is 2.53. The minimum atomic E-state index is -0.159. The maximum absolute atomic E-state index is 6.03. The van der Waals surface area contributed by atoms with E-state index in [1.165, 1.54) is 16.7 Å². The predicted molar refractivity (Wildman–Crippen MR) is 99.1 cm³/mol. The third-order valence-corrected chi connectivity index (χ3v) is 5.79. The second-order valence-electron chi connectivity index (χ2n) is 7.16. The van der Waals surface area contributed by atoms with E-state index in [1.807, 2.05) is 25.3 Å². The molecule has 5 nitrogen and oxygen atoms in total.